The Labute approximate surface area is 168 Å². The molecule has 0 saturated heterocycles. The third-order valence-corrected chi connectivity index (χ3v) is 4.17. The first-order valence-electron chi connectivity index (χ1n) is 8.84. The molecular weight excluding hydrogens is 372 g/mol. The Kier molecular flexibility index (Phi) is 6.47. The zero-order chi connectivity index (χ0) is 20.6. The van der Waals surface area contributed by atoms with Crippen LogP contribution in [0.1, 0.15) is 15.9 Å². The molecule has 2 heterocycles. The molecule has 3 aromatic rings. The fourth-order valence-electron chi connectivity index (χ4n) is 2.68. The Hall–Kier alpha value is -3.81. The molecule has 0 unspecified atom stereocenters. The molecule has 29 heavy (non-hydrogen) atoms. The largest absolute Gasteiger partial charge is 0.493 e. The van der Waals surface area contributed by atoms with Crippen LogP contribution in [-0.2, 0) is 6.54 Å². The van der Waals surface area contributed by atoms with Gasteiger partial charge in [-0.05, 0) is 29.8 Å². The van der Waals surface area contributed by atoms with Gasteiger partial charge in [0.05, 0.1) is 26.9 Å². The summed E-state index contributed by atoms with van der Waals surface area (Å²) in [7, 11) is 4.56. The number of hydrogen-bond acceptors (Lipinski definition) is 7. The van der Waals surface area contributed by atoms with Crippen LogP contribution in [0.3, 0.4) is 0 Å². The number of ether oxygens (including phenoxy) is 3. The van der Waals surface area contributed by atoms with Crippen molar-refractivity contribution >= 4 is 17.4 Å². The normalized spacial score (nSPS) is 10.2. The summed E-state index contributed by atoms with van der Waals surface area (Å²) in [6.07, 6.45) is 4.99. The first-order chi connectivity index (χ1) is 14.1. The van der Waals surface area contributed by atoms with Crippen molar-refractivity contribution in [2.75, 3.05) is 32.0 Å². The van der Waals surface area contributed by atoms with Crippen LogP contribution >= 0.6 is 0 Å². The van der Waals surface area contributed by atoms with Crippen LogP contribution in [-0.4, -0.2) is 37.2 Å². The molecule has 8 heteroatoms. The van der Waals surface area contributed by atoms with Gasteiger partial charge in [0, 0.05) is 43.0 Å². The molecule has 0 radical (unpaired) electrons. The maximum Gasteiger partial charge on any atom is 0.257 e. The van der Waals surface area contributed by atoms with Gasteiger partial charge in [-0.25, -0.2) is 4.98 Å². The highest BCUT2D eigenvalue weighted by Crippen LogP contribution is 2.40. The minimum Gasteiger partial charge on any atom is -0.493 e. The van der Waals surface area contributed by atoms with Crippen LogP contribution in [0.2, 0.25) is 0 Å². The summed E-state index contributed by atoms with van der Waals surface area (Å²) >= 11 is 0. The topological polar surface area (TPSA) is 94.6 Å². The number of nitrogens with one attached hydrogen (secondary N) is 2. The van der Waals surface area contributed by atoms with E-state index in [-0.39, 0.29) is 5.91 Å². The van der Waals surface area contributed by atoms with Crippen LogP contribution in [0.5, 0.6) is 17.2 Å². The zero-order valence-electron chi connectivity index (χ0n) is 16.4. The van der Waals surface area contributed by atoms with Crippen molar-refractivity contribution in [1.82, 2.24) is 9.97 Å². The number of amides is 1. The highest BCUT2D eigenvalue weighted by atomic mass is 16.5. The molecule has 1 aromatic carbocycles. The zero-order valence-corrected chi connectivity index (χ0v) is 16.4. The van der Waals surface area contributed by atoms with E-state index >= 15 is 0 Å². The van der Waals surface area contributed by atoms with Crippen molar-refractivity contribution < 1.29 is 19.0 Å². The molecule has 0 fully saturated rings. The standard InChI is InChI=1S/C21H22N4O4/c1-27-17-10-16(11-18(28-2)20(17)29-3)25-21(26)15-4-5-19(24-13-15)23-12-14-6-8-22-9-7-14/h4-11,13H,12H2,1-3H3,(H,23,24)(H,25,26). The highest BCUT2D eigenvalue weighted by molar-refractivity contribution is 6.04. The second-order valence-corrected chi connectivity index (χ2v) is 6.01. The quantitative estimate of drug-likeness (QED) is 0.605. The lowest BCUT2D eigenvalue weighted by Crippen LogP contribution is -2.13. The lowest BCUT2D eigenvalue weighted by atomic mass is 10.2. The predicted octanol–water partition coefficient (Wildman–Crippen LogP) is 3.37. The minimum absolute atomic E-state index is 0.299. The van der Waals surface area contributed by atoms with Gasteiger partial charge in [0.15, 0.2) is 11.5 Å². The summed E-state index contributed by atoms with van der Waals surface area (Å²) in [5.41, 5.74) is 2.03. The second kappa shape index (κ2) is 9.41. The Morgan fingerprint density at radius 1 is 0.966 bits per heavy atom. The van der Waals surface area contributed by atoms with Gasteiger partial charge in [-0.15, -0.1) is 0 Å². The van der Waals surface area contributed by atoms with Gasteiger partial charge in [-0.2, -0.15) is 0 Å². The molecule has 0 aliphatic carbocycles. The lowest BCUT2D eigenvalue weighted by Gasteiger charge is -2.14. The van der Waals surface area contributed by atoms with Gasteiger partial charge in [0.2, 0.25) is 5.75 Å². The maximum atomic E-state index is 12.6. The van der Waals surface area contributed by atoms with E-state index in [0.717, 1.165) is 5.56 Å². The van der Waals surface area contributed by atoms with E-state index in [1.807, 2.05) is 12.1 Å². The van der Waals surface area contributed by atoms with E-state index in [1.165, 1.54) is 27.5 Å². The molecule has 0 bridgehead atoms. The summed E-state index contributed by atoms with van der Waals surface area (Å²) in [6, 6.07) is 10.6. The number of pyridine rings is 2. The summed E-state index contributed by atoms with van der Waals surface area (Å²) in [4.78, 5) is 20.8. The number of nitrogens with zero attached hydrogens (tertiary/aromatic N) is 2. The maximum absolute atomic E-state index is 12.6. The monoisotopic (exact) mass is 394 g/mol. The van der Waals surface area contributed by atoms with Crippen molar-refractivity contribution in [1.29, 1.82) is 0 Å². The molecular formula is C21H22N4O4. The first kappa shape index (κ1) is 19.9. The minimum atomic E-state index is -0.299. The number of hydrogen-bond donors (Lipinski definition) is 2. The van der Waals surface area contributed by atoms with Gasteiger partial charge >= 0.3 is 0 Å². The third kappa shape index (κ3) is 4.92. The number of anilines is 2. The molecule has 1 amide bonds. The van der Waals surface area contributed by atoms with Crippen molar-refractivity contribution in [3.8, 4) is 17.2 Å². The van der Waals surface area contributed by atoms with E-state index in [4.69, 9.17) is 14.2 Å². The number of rotatable bonds is 8. The first-order valence-corrected chi connectivity index (χ1v) is 8.84. The van der Waals surface area contributed by atoms with Crippen LogP contribution in [0.15, 0.2) is 55.0 Å². The number of benzene rings is 1. The van der Waals surface area contributed by atoms with Crippen LogP contribution in [0.25, 0.3) is 0 Å². The highest BCUT2D eigenvalue weighted by Gasteiger charge is 2.15. The average Bonchev–Trinajstić information content (AvgIpc) is 2.77. The van der Waals surface area contributed by atoms with E-state index in [0.29, 0.717) is 40.9 Å². The van der Waals surface area contributed by atoms with Crippen molar-refractivity contribution in [2.24, 2.45) is 0 Å². The molecule has 2 aromatic heterocycles. The smallest absolute Gasteiger partial charge is 0.257 e. The van der Waals surface area contributed by atoms with E-state index in [1.54, 1.807) is 36.7 Å². The summed E-state index contributed by atoms with van der Waals surface area (Å²) < 4.78 is 15.9. The second-order valence-electron chi connectivity index (χ2n) is 6.01. The Balaban J connectivity index is 1.68. The summed E-state index contributed by atoms with van der Waals surface area (Å²) in [5, 5.41) is 6.02. The lowest BCUT2D eigenvalue weighted by molar-refractivity contribution is 0.102. The Bertz CT molecular complexity index is 937. The van der Waals surface area contributed by atoms with Gasteiger partial charge in [-0.3, -0.25) is 9.78 Å². The van der Waals surface area contributed by atoms with Crippen molar-refractivity contribution in [2.45, 2.75) is 6.54 Å². The van der Waals surface area contributed by atoms with Crippen molar-refractivity contribution in [3.05, 3.63) is 66.1 Å². The molecule has 8 nitrogen and oxygen atoms in total. The molecule has 3 rings (SSSR count). The number of methoxy groups -OCH3 is 3. The molecule has 0 spiro atoms. The van der Waals surface area contributed by atoms with Gasteiger partial charge < -0.3 is 24.8 Å². The molecule has 0 aliphatic heterocycles. The predicted molar refractivity (Wildman–Crippen MR) is 110 cm³/mol. The Morgan fingerprint density at radius 3 is 2.21 bits per heavy atom. The van der Waals surface area contributed by atoms with Crippen LogP contribution in [0, 0.1) is 0 Å². The van der Waals surface area contributed by atoms with Crippen molar-refractivity contribution in [3.63, 3.8) is 0 Å². The number of aromatic nitrogens is 2. The number of carbonyl (C=O) groups excluding carboxylic acids is 1. The van der Waals surface area contributed by atoms with E-state index in [2.05, 4.69) is 20.6 Å². The summed E-state index contributed by atoms with van der Waals surface area (Å²) in [6.45, 7) is 0.618. The molecule has 2 N–H and O–H groups in total. The van der Waals surface area contributed by atoms with Crippen LogP contribution in [0.4, 0.5) is 11.5 Å². The molecule has 0 saturated carbocycles. The average molecular weight is 394 g/mol. The fraction of sp³-hybridized carbons (Fsp3) is 0.190. The van der Waals surface area contributed by atoms with Gasteiger partial charge in [0.25, 0.3) is 5.91 Å². The van der Waals surface area contributed by atoms with E-state index < -0.39 is 0 Å². The van der Waals surface area contributed by atoms with Crippen LogP contribution < -0.4 is 24.8 Å². The van der Waals surface area contributed by atoms with Gasteiger partial charge in [-0.1, -0.05) is 0 Å². The third-order valence-electron chi connectivity index (χ3n) is 4.17. The molecule has 150 valence electrons. The van der Waals surface area contributed by atoms with E-state index in [9.17, 15) is 4.79 Å². The molecule has 0 aliphatic rings. The summed E-state index contributed by atoms with van der Waals surface area (Å²) in [5.74, 6) is 1.74. The number of carbonyl (C=O) groups is 1. The van der Waals surface area contributed by atoms with Gasteiger partial charge in [0.1, 0.15) is 5.82 Å². The Morgan fingerprint density at radius 2 is 1.66 bits per heavy atom. The molecule has 0 atom stereocenters. The fourth-order valence-corrected chi connectivity index (χ4v) is 2.68. The SMILES string of the molecule is COc1cc(NC(=O)c2ccc(NCc3ccncc3)nc2)cc(OC)c1OC.